The number of hydrogen-bond acceptors (Lipinski definition) is 6. The minimum atomic E-state index is -0.263. The predicted molar refractivity (Wildman–Crippen MR) is 127 cm³/mol. The molecule has 0 atom stereocenters. The minimum absolute atomic E-state index is 0.237. The van der Waals surface area contributed by atoms with E-state index in [0.29, 0.717) is 23.0 Å². The Balaban J connectivity index is 1.61. The summed E-state index contributed by atoms with van der Waals surface area (Å²) in [4.78, 5) is 24.4. The third-order valence-corrected chi connectivity index (χ3v) is 6.60. The van der Waals surface area contributed by atoms with E-state index in [2.05, 4.69) is 31.0 Å². The molecule has 0 fully saturated rings. The summed E-state index contributed by atoms with van der Waals surface area (Å²) in [6, 6.07) is 15.3. The van der Waals surface area contributed by atoms with Gasteiger partial charge in [0.15, 0.2) is 22.2 Å². The highest BCUT2D eigenvalue weighted by molar-refractivity contribution is 7.22. The number of benzene rings is 2. The number of pyridine rings is 1. The molecule has 0 aliphatic rings. The summed E-state index contributed by atoms with van der Waals surface area (Å²) in [6.45, 7) is 4.45. The van der Waals surface area contributed by atoms with Gasteiger partial charge in [0.2, 0.25) is 0 Å². The molecule has 5 aromatic rings. The number of para-hydroxylation sites is 1. The van der Waals surface area contributed by atoms with E-state index >= 15 is 0 Å². The zero-order valence-electron chi connectivity index (χ0n) is 18.0. The van der Waals surface area contributed by atoms with Crippen LogP contribution >= 0.6 is 11.3 Å². The van der Waals surface area contributed by atoms with Gasteiger partial charge in [-0.1, -0.05) is 35.6 Å². The van der Waals surface area contributed by atoms with Crippen LogP contribution in [0.25, 0.3) is 21.2 Å². The molecule has 0 bridgehead atoms. The minimum Gasteiger partial charge on any atom is -0.493 e. The Morgan fingerprint density at radius 2 is 2.03 bits per heavy atom. The first kappa shape index (κ1) is 20.2. The fourth-order valence-corrected chi connectivity index (χ4v) is 4.69. The largest absolute Gasteiger partial charge is 0.493 e. The van der Waals surface area contributed by atoms with Crippen molar-refractivity contribution in [1.29, 1.82) is 0 Å². The van der Waals surface area contributed by atoms with Crippen molar-refractivity contribution in [2.24, 2.45) is 0 Å². The maximum atomic E-state index is 13.7. The van der Waals surface area contributed by atoms with E-state index in [1.54, 1.807) is 30.5 Å². The Labute approximate surface area is 189 Å². The maximum absolute atomic E-state index is 13.7. The number of carbonyl (C=O) groups is 1. The molecule has 0 N–H and O–H groups in total. The van der Waals surface area contributed by atoms with Crippen LogP contribution in [0.2, 0.25) is 0 Å². The van der Waals surface area contributed by atoms with Gasteiger partial charge in [-0.2, -0.15) is 0 Å². The molecule has 0 spiro atoms. The van der Waals surface area contributed by atoms with E-state index in [1.165, 1.54) is 16.9 Å². The van der Waals surface area contributed by atoms with Crippen molar-refractivity contribution in [3.8, 4) is 5.75 Å². The number of ether oxygens (including phenoxy) is 1. The van der Waals surface area contributed by atoms with Gasteiger partial charge in [-0.05, 0) is 54.8 Å². The van der Waals surface area contributed by atoms with Crippen LogP contribution in [0.3, 0.4) is 0 Å². The van der Waals surface area contributed by atoms with Crippen molar-refractivity contribution in [3.63, 3.8) is 0 Å². The van der Waals surface area contributed by atoms with Gasteiger partial charge in [0.05, 0.1) is 23.9 Å². The normalized spacial score (nSPS) is 11.2. The molecule has 6 nitrogen and oxygen atoms in total. The lowest BCUT2D eigenvalue weighted by atomic mass is 10.1. The number of furan rings is 1. The smallest absolute Gasteiger partial charge is 0.296 e. The number of aryl methyl sites for hydroxylation is 2. The molecule has 32 heavy (non-hydrogen) atoms. The van der Waals surface area contributed by atoms with Crippen molar-refractivity contribution < 1.29 is 13.9 Å². The second-order valence-corrected chi connectivity index (χ2v) is 8.60. The van der Waals surface area contributed by atoms with Crippen molar-refractivity contribution >= 4 is 43.6 Å². The standard InChI is InChI=1S/C25H21N3O3S/c1-15-9-10-21-22(16(15)2)27-25(32-21)28(14-17-6-5-11-26-13-17)24(29)20-12-18-7-4-8-19(30-3)23(18)31-20/h4-13H,14H2,1-3H3. The Kier molecular flexibility index (Phi) is 5.11. The van der Waals surface area contributed by atoms with Crippen LogP contribution in [0.5, 0.6) is 5.75 Å². The van der Waals surface area contributed by atoms with Crippen LogP contribution in [0, 0.1) is 13.8 Å². The van der Waals surface area contributed by atoms with Gasteiger partial charge in [0.25, 0.3) is 5.91 Å². The van der Waals surface area contributed by atoms with E-state index in [-0.39, 0.29) is 11.7 Å². The SMILES string of the molecule is COc1cccc2cc(C(=O)N(Cc3cccnc3)c3nc4c(C)c(C)ccc4s3)oc12. The number of nitrogens with zero attached hydrogens (tertiary/aromatic N) is 3. The fraction of sp³-hybridized carbons (Fsp3) is 0.160. The molecule has 7 heteroatoms. The van der Waals surface area contributed by atoms with Crippen LogP contribution in [-0.4, -0.2) is 23.0 Å². The van der Waals surface area contributed by atoms with Crippen LogP contribution < -0.4 is 9.64 Å². The average Bonchev–Trinajstić information content (AvgIpc) is 3.45. The Bertz CT molecular complexity index is 1440. The third-order valence-electron chi connectivity index (χ3n) is 5.55. The highest BCUT2D eigenvalue weighted by Crippen LogP contribution is 2.35. The van der Waals surface area contributed by atoms with Gasteiger partial charge < -0.3 is 9.15 Å². The number of carbonyl (C=O) groups excluding carboxylic acids is 1. The molecule has 0 unspecified atom stereocenters. The number of fused-ring (bicyclic) bond motifs is 2. The molecule has 3 heterocycles. The first-order chi connectivity index (χ1) is 15.5. The lowest BCUT2D eigenvalue weighted by molar-refractivity contribution is 0.0960. The lowest BCUT2D eigenvalue weighted by Gasteiger charge is -2.18. The average molecular weight is 444 g/mol. The molecular weight excluding hydrogens is 422 g/mol. The Morgan fingerprint density at radius 1 is 1.16 bits per heavy atom. The molecule has 160 valence electrons. The molecular formula is C25H21N3O3S. The Hall–Kier alpha value is -3.71. The number of anilines is 1. The van der Waals surface area contributed by atoms with Crippen molar-refractivity contribution in [2.75, 3.05) is 12.0 Å². The van der Waals surface area contributed by atoms with E-state index < -0.39 is 0 Å². The molecule has 0 saturated heterocycles. The summed E-state index contributed by atoms with van der Waals surface area (Å²) in [7, 11) is 1.58. The highest BCUT2D eigenvalue weighted by atomic mass is 32.1. The maximum Gasteiger partial charge on any atom is 0.296 e. The lowest BCUT2D eigenvalue weighted by Crippen LogP contribution is -2.30. The monoisotopic (exact) mass is 443 g/mol. The molecule has 1 amide bonds. The number of methoxy groups -OCH3 is 1. The number of aromatic nitrogens is 2. The summed E-state index contributed by atoms with van der Waals surface area (Å²) >= 11 is 1.49. The molecule has 2 aromatic carbocycles. The zero-order chi connectivity index (χ0) is 22.2. The quantitative estimate of drug-likeness (QED) is 0.338. The molecule has 5 rings (SSSR count). The van der Waals surface area contributed by atoms with Crippen LogP contribution in [0.4, 0.5) is 5.13 Å². The summed E-state index contributed by atoms with van der Waals surface area (Å²) in [5, 5.41) is 1.43. The molecule has 0 radical (unpaired) electrons. The van der Waals surface area contributed by atoms with Crippen molar-refractivity contribution in [1.82, 2.24) is 9.97 Å². The highest BCUT2D eigenvalue weighted by Gasteiger charge is 2.26. The van der Waals surface area contributed by atoms with E-state index in [9.17, 15) is 4.79 Å². The van der Waals surface area contributed by atoms with Gasteiger partial charge in [-0.25, -0.2) is 4.98 Å². The van der Waals surface area contributed by atoms with Crippen LogP contribution in [-0.2, 0) is 6.54 Å². The number of thiazole rings is 1. The number of hydrogen-bond donors (Lipinski definition) is 0. The van der Waals surface area contributed by atoms with Crippen molar-refractivity contribution in [3.05, 3.63) is 83.4 Å². The van der Waals surface area contributed by atoms with Gasteiger partial charge in [-0.3, -0.25) is 14.7 Å². The Morgan fingerprint density at radius 3 is 2.81 bits per heavy atom. The second-order valence-electron chi connectivity index (χ2n) is 7.59. The van der Waals surface area contributed by atoms with Gasteiger partial charge in [-0.15, -0.1) is 0 Å². The van der Waals surface area contributed by atoms with Crippen molar-refractivity contribution in [2.45, 2.75) is 20.4 Å². The van der Waals surface area contributed by atoms with Crippen LogP contribution in [0.1, 0.15) is 27.2 Å². The molecule has 3 aromatic heterocycles. The molecule has 0 saturated carbocycles. The number of rotatable bonds is 5. The second kappa shape index (κ2) is 8.09. The summed E-state index contributed by atoms with van der Waals surface area (Å²) in [5.41, 5.74) is 4.66. The molecule has 0 aliphatic carbocycles. The summed E-state index contributed by atoms with van der Waals surface area (Å²) in [5.74, 6) is 0.563. The van der Waals surface area contributed by atoms with E-state index in [0.717, 1.165) is 26.7 Å². The third kappa shape index (κ3) is 3.50. The zero-order valence-corrected chi connectivity index (χ0v) is 18.8. The predicted octanol–water partition coefficient (Wildman–Crippen LogP) is 5.91. The van der Waals surface area contributed by atoms with Gasteiger partial charge in [0, 0.05) is 17.8 Å². The van der Waals surface area contributed by atoms with Gasteiger partial charge in [0.1, 0.15) is 0 Å². The van der Waals surface area contributed by atoms with Crippen LogP contribution in [0.15, 0.2) is 65.3 Å². The van der Waals surface area contributed by atoms with E-state index in [1.807, 2.05) is 30.3 Å². The number of amides is 1. The first-order valence-electron chi connectivity index (χ1n) is 10.2. The topological polar surface area (TPSA) is 68.5 Å². The van der Waals surface area contributed by atoms with E-state index in [4.69, 9.17) is 14.1 Å². The first-order valence-corrected chi connectivity index (χ1v) is 11.0. The van der Waals surface area contributed by atoms with Gasteiger partial charge >= 0.3 is 0 Å². The fourth-order valence-electron chi connectivity index (χ4n) is 3.67. The summed E-state index contributed by atoms with van der Waals surface area (Å²) < 4.78 is 12.4. The molecule has 0 aliphatic heterocycles. The summed E-state index contributed by atoms with van der Waals surface area (Å²) in [6.07, 6.45) is 3.47.